The summed E-state index contributed by atoms with van der Waals surface area (Å²) in [5, 5.41) is 2.48. The lowest BCUT2D eigenvalue weighted by Gasteiger charge is -1.98. The van der Waals surface area contributed by atoms with Crippen LogP contribution < -0.4 is 16.6 Å². The summed E-state index contributed by atoms with van der Waals surface area (Å²) in [6.45, 7) is 1.65. The van der Waals surface area contributed by atoms with Gasteiger partial charge in [-0.2, -0.15) is 4.98 Å². The molecule has 0 saturated carbocycles. The van der Waals surface area contributed by atoms with Crippen molar-refractivity contribution < 1.29 is 4.79 Å². The topological polar surface area (TPSA) is 101 Å². The summed E-state index contributed by atoms with van der Waals surface area (Å²) < 4.78 is 0. The number of nitrogens with two attached hydrogens (primary N) is 1. The van der Waals surface area contributed by atoms with E-state index in [4.69, 9.17) is 5.73 Å². The predicted octanol–water partition coefficient (Wildman–Crippen LogP) is -0.592. The molecule has 1 aromatic heterocycles. The van der Waals surface area contributed by atoms with Gasteiger partial charge in [-0.1, -0.05) is 0 Å². The van der Waals surface area contributed by atoms with Crippen LogP contribution in [0.2, 0.25) is 0 Å². The zero-order valence-corrected chi connectivity index (χ0v) is 6.92. The number of rotatable bonds is 0. The Balaban J connectivity index is 2.71. The van der Waals surface area contributed by atoms with E-state index in [0.717, 1.165) is 0 Å². The number of hydrogen-bond acceptors (Lipinski definition) is 4. The second-order valence-corrected chi connectivity index (χ2v) is 2.92. The molecule has 68 valence electrons. The van der Waals surface area contributed by atoms with Gasteiger partial charge in [0.25, 0.3) is 5.56 Å². The third-order valence-electron chi connectivity index (χ3n) is 2.04. The molecule has 1 aliphatic rings. The lowest BCUT2D eigenvalue weighted by molar-refractivity contribution is -0.116. The summed E-state index contributed by atoms with van der Waals surface area (Å²) in [4.78, 5) is 28.6. The molecule has 13 heavy (non-hydrogen) atoms. The van der Waals surface area contributed by atoms with Crippen molar-refractivity contribution in [3.8, 4) is 0 Å². The zero-order valence-electron chi connectivity index (χ0n) is 6.92. The fraction of sp³-hybridized carbons (Fsp3) is 0.286. The van der Waals surface area contributed by atoms with E-state index in [0.29, 0.717) is 5.56 Å². The minimum Gasteiger partial charge on any atom is -0.369 e. The van der Waals surface area contributed by atoms with Crippen molar-refractivity contribution in [3.05, 3.63) is 15.9 Å². The molecule has 1 amide bonds. The van der Waals surface area contributed by atoms with Crippen molar-refractivity contribution in [2.75, 3.05) is 11.1 Å². The van der Waals surface area contributed by atoms with Gasteiger partial charge in [0.05, 0.1) is 11.5 Å². The normalized spacial score (nSPS) is 19.8. The molecule has 0 radical (unpaired) electrons. The molecule has 0 aliphatic carbocycles. The highest BCUT2D eigenvalue weighted by Gasteiger charge is 2.30. The van der Waals surface area contributed by atoms with E-state index < -0.39 is 5.92 Å². The van der Waals surface area contributed by atoms with Crippen LogP contribution in [0.5, 0.6) is 0 Å². The standard InChI is InChI=1S/C7H8N4O2/c1-2-3-4(9-5(2)12)10-7(8)11-6(3)13/h2H,1H3,(H4,8,9,10,11,12,13). The molecule has 2 rings (SSSR count). The van der Waals surface area contributed by atoms with Gasteiger partial charge < -0.3 is 11.1 Å². The molecule has 0 fully saturated rings. The average Bonchev–Trinajstić information content (AvgIpc) is 2.27. The summed E-state index contributed by atoms with van der Waals surface area (Å²) in [6, 6.07) is 0. The van der Waals surface area contributed by atoms with Gasteiger partial charge in [-0.3, -0.25) is 14.6 Å². The van der Waals surface area contributed by atoms with Gasteiger partial charge in [0.1, 0.15) is 5.82 Å². The molecular weight excluding hydrogens is 172 g/mol. The number of carbonyl (C=O) groups excluding carboxylic acids is 1. The van der Waals surface area contributed by atoms with E-state index in [2.05, 4.69) is 15.3 Å². The average molecular weight is 180 g/mol. The molecule has 1 unspecified atom stereocenters. The number of aromatic amines is 1. The molecule has 0 saturated heterocycles. The van der Waals surface area contributed by atoms with Crippen molar-refractivity contribution in [2.45, 2.75) is 12.8 Å². The predicted molar refractivity (Wildman–Crippen MR) is 46.3 cm³/mol. The largest absolute Gasteiger partial charge is 0.369 e. The molecule has 6 heteroatoms. The lowest BCUT2D eigenvalue weighted by atomic mass is 10.1. The molecule has 1 atom stereocenters. The molecule has 1 aromatic rings. The van der Waals surface area contributed by atoms with E-state index in [1.54, 1.807) is 6.92 Å². The first-order valence-electron chi connectivity index (χ1n) is 3.80. The number of amides is 1. The third kappa shape index (κ3) is 0.986. The van der Waals surface area contributed by atoms with Crippen LogP contribution in [0.4, 0.5) is 11.8 Å². The van der Waals surface area contributed by atoms with Crippen molar-refractivity contribution in [1.29, 1.82) is 0 Å². The van der Waals surface area contributed by atoms with Gasteiger partial charge >= 0.3 is 0 Å². The molecule has 0 bridgehead atoms. The van der Waals surface area contributed by atoms with Crippen molar-refractivity contribution in [2.24, 2.45) is 0 Å². The second-order valence-electron chi connectivity index (χ2n) is 2.92. The second kappa shape index (κ2) is 2.32. The van der Waals surface area contributed by atoms with Crippen LogP contribution in [-0.4, -0.2) is 15.9 Å². The quantitative estimate of drug-likeness (QED) is 0.496. The first kappa shape index (κ1) is 7.78. The van der Waals surface area contributed by atoms with Gasteiger partial charge in [-0.25, -0.2) is 0 Å². The van der Waals surface area contributed by atoms with Crippen molar-refractivity contribution >= 4 is 17.7 Å². The van der Waals surface area contributed by atoms with Crippen LogP contribution in [-0.2, 0) is 4.79 Å². The van der Waals surface area contributed by atoms with Gasteiger partial charge in [0, 0.05) is 0 Å². The summed E-state index contributed by atoms with van der Waals surface area (Å²) in [7, 11) is 0. The SMILES string of the molecule is CC1C(=O)Nc2nc(N)[nH]c(=O)c21. The summed E-state index contributed by atoms with van der Waals surface area (Å²) in [5.41, 5.74) is 5.31. The number of anilines is 2. The first-order chi connectivity index (χ1) is 6.09. The number of H-pyrrole nitrogens is 1. The number of carbonyl (C=O) groups is 1. The number of hydrogen-bond donors (Lipinski definition) is 3. The Bertz CT molecular complexity index is 437. The Labute approximate surface area is 73.2 Å². The van der Waals surface area contributed by atoms with Gasteiger partial charge in [0.2, 0.25) is 11.9 Å². The van der Waals surface area contributed by atoms with Crippen LogP contribution in [0.15, 0.2) is 4.79 Å². The minimum absolute atomic E-state index is 0.0122. The first-order valence-corrected chi connectivity index (χ1v) is 3.80. The van der Waals surface area contributed by atoms with Crippen LogP contribution in [0, 0.1) is 0 Å². The maximum atomic E-state index is 11.3. The van der Waals surface area contributed by atoms with Crippen molar-refractivity contribution in [3.63, 3.8) is 0 Å². The molecule has 0 aromatic carbocycles. The Hall–Kier alpha value is -1.85. The molecule has 0 spiro atoms. The zero-order chi connectivity index (χ0) is 9.59. The summed E-state index contributed by atoms with van der Waals surface area (Å²) in [5.74, 6) is -0.387. The fourth-order valence-corrected chi connectivity index (χ4v) is 1.35. The Morgan fingerprint density at radius 2 is 2.15 bits per heavy atom. The third-order valence-corrected chi connectivity index (χ3v) is 2.04. The highest BCUT2D eigenvalue weighted by atomic mass is 16.2. The molecule has 1 aliphatic heterocycles. The number of fused-ring (bicyclic) bond motifs is 1. The number of nitrogen functional groups attached to an aromatic ring is 1. The number of aromatic nitrogens is 2. The van der Waals surface area contributed by atoms with Crippen LogP contribution in [0.3, 0.4) is 0 Å². The maximum absolute atomic E-state index is 11.3. The monoisotopic (exact) mass is 180 g/mol. The van der Waals surface area contributed by atoms with E-state index >= 15 is 0 Å². The van der Waals surface area contributed by atoms with Gasteiger partial charge in [-0.05, 0) is 6.92 Å². The van der Waals surface area contributed by atoms with Gasteiger partial charge in [-0.15, -0.1) is 0 Å². The summed E-state index contributed by atoms with van der Waals surface area (Å²) in [6.07, 6.45) is 0. The van der Waals surface area contributed by atoms with E-state index in [1.165, 1.54) is 0 Å². The number of nitrogens with zero attached hydrogens (tertiary/aromatic N) is 1. The highest BCUT2D eigenvalue weighted by molar-refractivity contribution is 6.01. The fourth-order valence-electron chi connectivity index (χ4n) is 1.35. The smallest absolute Gasteiger partial charge is 0.258 e. The molecule has 2 heterocycles. The van der Waals surface area contributed by atoms with Crippen LogP contribution in [0.1, 0.15) is 18.4 Å². The molecule has 4 N–H and O–H groups in total. The Morgan fingerprint density at radius 1 is 1.46 bits per heavy atom. The minimum atomic E-state index is -0.452. The lowest BCUT2D eigenvalue weighted by Crippen LogP contribution is -2.16. The van der Waals surface area contributed by atoms with E-state index in [9.17, 15) is 9.59 Å². The van der Waals surface area contributed by atoms with E-state index in [-0.39, 0.29) is 23.2 Å². The molecule has 6 nitrogen and oxygen atoms in total. The summed E-state index contributed by atoms with van der Waals surface area (Å²) >= 11 is 0. The van der Waals surface area contributed by atoms with E-state index in [1.807, 2.05) is 0 Å². The molecular formula is C7H8N4O2. The Morgan fingerprint density at radius 3 is 2.85 bits per heavy atom. The van der Waals surface area contributed by atoms with Crippen LogP contribution >= 0.6 is 0 Å². The van der Waals surface area contributed by atoms with Gasteiger partial charge in [0.15, 0.2) is 0 Å². The Kier molecular flexibility index (Phi) is 1.39. The highest BCUT2D eigenvalue weighted by Crippen LogP contribution is 2.26. The maximum Gasteiger partial charge on any atom is 0.258 e. The van der Waals surface area contributed by atoms with Crippen molar-refractivity contribution in [1.82, 2.24) is 9.97 Å². The number of nitrogens with one attached hydrogen (secondary N) is 2. The van der Waals surface area contributed by atoms with Crippen LogP contribution in [0.25, 0.3) is 0 Å².